The predicted molar refractivity (Wildman–Crippen MR) is 115 cm³/mol. The van der Waals surface area contributed by atoms with Gasteiger partial charge in [-0.2, -0.15) is 0 Å². The molecule has 11 nitrogen and oxygen atoms in total. The Morgan fingerprint density at radius 1 is 1.06 bits per heavy atom. The molecule has 32 heavy (non-hydrogen) atoms. The van der Waals surface area contributed by atoms with Crippen molar-refractivity contribution in [3.05, 3.63) is 29.8 Å². The van der Waals surface area contributed by atoms with Crippen molar-refractivity contribution in [1.82, 2.24) is 5.32 Å². The number of anilines is 1. The van der Waals surface area contributed by atoms with E-state index in [0.29, 0.717) is 17.7 Å². The third kappa shape index (κ3) is 9.71. The van der Waals surface area contributed by atoms with Crippen LogP contribution in [-0.4, -0.2) is 67.5 Å². The van der Waals surface area contributed by atoms with Crippen LogP contribution < -0.4 is 16.4 Å². The molecule has 0 heterocycles. The van der Waals surface area contributed by atoms with Gasteiger partial charge in [-0.3, -0.25) is 14.4 Å². The fourth-order valence-electron chi connectivity index (χ4n) is 3.03. The summed E-state index contributed by atoms with van der Waals surface area (Å²) in [6.07, 6.45) is -1.90. The SMILES string of the molecule is CC(C)C[C@H](N)C(=O)NC(CCC(O)C(=O)Nc1ccccc1CCC(=O)O)C(O)(O)O. The monoisotopic (exact) mass is 455 g/mol. The van der Waals surface area contributed by atoms with Gasteiger partial charge in [0.05, 0.1) is 6.04 Å². The van der Waals surface area contributed by atoms with Crippen LogP contribution in [0.15, 0.2) is 24.3 Å². The molecule has 0 spiro atoms. The van der Waals surface area contributed by atoms with Gasteiger partial charge in [-0.1, -0.05) is 32.0 Å². The Hall–Kier alpha value is -2.57. The molecular weight excluding hydrogens is 422 g/mol. The van der Waals surface area contributed by atoms with Crippen molar-refractivity contribution >= 4 is 23.5 Å². The quantitative estimate of drug-likeness (QED) is 0.176. The lowest BCUT2D eigenvalue weighted by atomic mass is 10.0. The lowest BCUT2D eigenvalue weighted by molar-refractivity contribution is -0.327. The first-order valence-corrected chi connectivity index (χ1v) is 10.3. The number of carboxylic acids is 1. The minimum atomic E-state index is -3.28. The fourth-order valence-corrected chi connectivity index (χ4v) is 3.03. The van der Waals surface area contributed by atoms with Crippen LogP contribution in [0.2, 0.25) is 0 Å². The van der Waals surface area contributed by atoms with E-state index in [1.54, 1.807) is 24.3 Å². The molecule has 0 saturated carbocycles. The van der Waals surface area contributed by atoms with E-state index in [-0.39, 0.29) is 31.6 Å². The van der Waals surface area contributed by atoms with Crippen LogP contribution in [0.3, 0.4) is 0 Å². The van der Waals surface area contributed by atoms with E-state index in [9.17, 15) is 34.8 Å². The second-order valence-corrected chi connectivity index (χ2v) is 8.12. The molecule has 180 valence electrons. The Morgan fingerprint density at radius 3 is 2.25 bits per heavy atom. The molecular formula is C21H33N3O8. The molecule has 1 aromatic carbocycles. The summed E-state index contributed by atoms with van der Waals surface area (Å²) < 4.78 is 0. The third-order valence-electron chi connectivity index (χ3n) is 4.76. The average molecular weight is 456 g/mol. The number of para-hydroxylation sites is 1. The summed E-state index contributed by atoms with van der Waals surface area (Å²) in [5, 5.41) is 52.4. The smallest absolute Gasteiger partial charge is 0.303 e. The predicted octanol–water partition coefficient (Wildman–Crippen LogP) is -0.728. The number of aliphatic hydroxyl groups excluding tert-OH is 1. The second kappa shape index (κ2) is 12.5. The Labute approximate surface area is 186 Å². The van der Waals surface area contributed by atoms with Crippen molar-refractivity contribution in [3.8, 4) is 0 Å². The largest absolute Gasteiger partial charge is 0.481 e. The zero-order valence-electron chi connectivity index (χ0n) is 18.2. The molecule has 0 aliphatic carbocycles. The van der Waals surface area contributed by atoms with Crippen molar-refractivity contribution in [3.63, 3.8) is 0 Å². The molecule has 0 aromatic heterocycles. The highest BCUT2D eigenvalue weighted by molar-refractivity contribution is 5.94. The number of nitrogens with one attached hydrogen (secondary N) is 2. The normalized spacial score (nSPS) is 14.5. The number of carbonyl (C=O) groups is 3. The molecule has 2 unspecified atom stereocenters. The van der Waals surface area contributed by atoms with Gasteiger partial charge in [0.25, 0.3) is 11.9 Å². The topological polar surface area (TPSA) is 202 Å². The standard InChI is InChI=1S/C21H33N3O8/c1-12(2)11-14(22)19(28)24-17(21(30,31)32)9-8-16(25)20(29)23-15-6-4-3-5-13(15)7-10-18(26)27/h3-6,12,14,16-17,25,30-32H,7-11,22H2,1-2H3,(H,23,29)(H,24,28)(H,26,27)/t14-,16?,17?/m0/s1. The van der Waals surface area contributed by atoms with Crippen LogP contribution >= 0.6 is 0 Å². The van der Waals surface area contributed by atoms with Crippen molar-refractivity contribution in [2.45, 2.75) is 70.1 Å². The highest BCUT2D eigenvalue weighted by atomic mass is 16.7. The number of amides is 2. The van der Waals surface area contributed by atoms with Crippen LogP contribution in [0, 0.1) is 5.92 Å². The van der Waals surface area contributed by atoms with Crippen molar-refractivity contribution in [1.29, 1.82) is 0 Å². The molecule has 1 rings (SSSR count). The molecule has 1 aromatic rings. The van der Waals surface area contributed by atoms with Gasteiger partial charge in [0.2, 0.25) is 5.91 Å². The molecule has 0 aliphatic heterocycles. The molecule has 11 heteroatoms. The van der Waals surface area contributed by atoms with E-state index < -0.39 is 41.9 Å². The third-order valence-corrected chi connectivity index (χ3v) is 4.76. The second-order valence-electron chi connectivity index (χ2n) is 8.12. The zero-order valence-corrected chi connectivity index (χ0v) is 18.2. The molecule has 0 saturated heterocycles. The fraction of sp³-hybridized carbons (Fsp3) is 0.571. The van der Waals surface area contributed by atoms with Gasteiger partial charge < -0.3 is 41.9 Å². The lowest BCUT2D eigenvalue weighted by Gasteiger charge is -2.28. The van der Waals surface area contributed by atoms with Gasteiger partial charge in [0.15, 0.2) is 0 Å². The van der Waals surface area contributed by atoms with E-state index in [1.807, 2.05) is 13.8 Å². The van der Waals surface area contributed by atoms with Gasteiger partial charge in [0.1, 0.15) is 12.1 Å². The highest BCUT2D eigenvalue weighted by Gasteiger charge is 2.35. The number of aliphatic hydroxyl groups is 4. The van der Waals surface area contributed by atoms with Gasteiger partial charge >= 0.3 is 5.97 Å². The molecule has 0 radical (unpaired) electrons. The number of nitrogens with two attached hydrogens (primary N) is 1. The number of hydrogen-bond acceptors (Lipinski definition) is 8. The Balaban J connectivity index is 2.73. The van der Waals surface area contributed by atoms with E-state index in [1.165, 1.54) is 0 Å². The lowest BCUT2D eigenvalue weighted by Crippen LogP contribution is -2.56. The molecule has 0 bridgehead atoms. The molecule has 2 amide bonds. The van der Waals surface area contributed by atoms with Gasteiger partial charge in [-0.15, -0.1) is 0 Å². The number of carbonyl (C=O) groups excluding carboxylic acids is 2. The van der Waals surface area contributed by atoms with Crippen molar-refractivity contribution < 1.29 is 39.9 Å². The zero-order chi connectivity index (χ0) is 24.5. The number of benzene rings is 1. The first-order chi connectivity index (χ1) is 14.8. The Kier molecular flexibility index (Phi) is 10.7. The number of hydrogen-bond donors (Lipinski definition) is 8. The first-order valence-electron chi connectivity index (χ1n) is 10.3. The Bertz CT molecular complexity index is 779. The van der Waals surface area contributed by atoms with E-state index in [0.717, 1.165) is 0 Å². The molecule has 0 aliphatic rings. The van der Waals surface area contributed by atoms with Crippen LogP contribution in [0.25, 0.3) is 0 Å². The summed E-state index contributed by atoms with van der Waals surface area (Å²) in [5.74, 6) is -5.69. The van der Waals surface area contributed by atoms with Crippen molar-refractivity contribution in [2.75, 3.05) is 5.32 Å². The molecule has 0 fully saturated rings. The average Bonchev–Trinajstić information content (AvgIpc) is 2.68. The van der Waals surface area contributed by atoms with Gasteiger partial charge in [0, 0.05) is 12.1 Å². The molecule has 9 N–H and O–H groups in total. The highest BCUT2D eigenvalue weighted by Crippen LogP contribution is 2.18. The summed E-state index contributed by atoms with van der Waals surface area (Å²) in [6.45, 7) is 3.71. The maximum atomic E-state index is 12.3. The maximum Gasteiger partial charge on any atom is 0.303 e. The summed E-state index contributed by atoms with van der Waals surface area (Å²) in [4.78, 5) is 35.3. The Morgan fingerprint density at radius 2 is 1.69 bits per heavy atom. The summed E-state index contributed by atoms with van der Waals surface area (Å²) in [7, 11) is 0. The number of rotatable bonds is 13. The number of carboxylic acid groups (broad SMARTS) is 1. The number of aliphatic carboxylic acids is 1. The van der Waals surface area contributed by atoms with E-state index in [2.05, 4.69) is 10.6 Å². The van der Waals surface area contributed by atoms with E-state index in [4.69, 9.17) is 10.8 Å². The number of aryl methyl sites for hydroxylation is 1. The van der Waals surface area contributed by atoms with Crippen LogP contribution in [0.4, 0.5) is 5.69 Å². The van der Waals surface area contributed by atoms with Gasteiger partial charge in [-0.25, -0.2) is 0 Å². The van der Waals surface area contributed by atoms with Crippen LogP contribution in [0.5, 0.6) is 0 Å². The first kappa shape index (κ1) is 27.5. The molecule has 3 atom stereocenters. The van der Waals surface area contributed by atoms with Crippen LogP contribution in [0.1, 0.15) is 45.1 Å². The minimum Gasteiger partial charge on any atom is -0.481 e. The summed E-state index contributed by atoms with van der Waals surface area (Å²) in [6, 6.07) is 3.99. The van der Waals surface area contributed by atoms with Crippen LogP contribution in [-0.2, 0) is 20.8 Å². The minimum absolute atomic E-state index is 0.111. The summed E-state index contributed by atoms with van der Waals surface area (Å²) >= 11 is 0. The summed E-state index contributed by atoms with van der Waals surface area (Å²) in [5.41, 5.74) is 6.66. The van der Waals surface area contributed by atoms with Crippen molar-refractivity contribution in [2.24, 2.45) is 11.7 Å². The maximum absolute atomic E-state index is 12.3. The van der Waals surface area contributed by atoms with E-state index >= 15 is 0 Å². The van der Waals surface area contributed by atoms with Gasteiger partial charge in [-0.05, 0) is 43.2 Å².